The summed E-state index contributed by atoms with van der Waals surface area (Å²) in [5.41, 5.74) is 10.5. The number of allylic oxidation sites excluding steroid dienone is 2. The lowest BCUT2D eigenvalue weighted by Gasteiger charge is -2.17. The van der Waals surface area contributed by atoms with Gasteiger partial charge in [0.25, 0.3) is 0 Å². The number of hydrogen-bond acceptors (Lipinski definition) is 4. The third-order valence-electron chi connectivity index (χ3n) is 5.60. The van der Waals surface area contributed by atoms with Crippen molar-refractivity contribution >= 4 is 39.4 Å². The first-order valence-corrected chi connectivity index (χ1v) is 11.0. The normalized spacial score (nSPS) is 18.8. The highest BCUT2D eigenvalue weighted by Gasteiger charge is 2.16. The Morgan fingerprint density at radius 2 is 2.04 bits per heavy atom. The van der Waals surface area contributed by atoms with E-state index in [0.717, 1.165) is 35.5 Å². The fourth-order valence-electron chi connectivity index (χ4n) is 4.01. The van der Waals surface area contributed by atoms with Crippen LogP contribution in [0.5, 0.6) is 0 Å². The molecule has 2 aromatic heterocycles. The molecule has 4 rings (SSSR count). The SMILES string of the molecule is N/C(=C\Br)n1ncc(-c2ccc(C3=CCCC3)nc2)c1/N=C/C1CCCCC1. The molecular formula is C22H26BrN5. The Kier molecular flexibility index (Phi) is 6.05. The minimum atomic E-state index is 0.503. The van der Waals surface area contributed by atoms with Gasteiger partial charge in [-0.15, -0.1) is 0 Å². The maximum Gasteiger partial charge on any atom is 0.164 e. The first kappa shape index (κ1) is 19.1. The molecule has 5 nitrogen and oxygen atoms in total. The number of nitrogens with two attached hydrogens (primary N) is 1. The van der Waals surface area contributed by atoms with Crippen LogP contribution in [0.4, 0.5) is 5.82 Å². The summed E-state index contributed by atoms with van der Waals surface area (Å²) in [6.07, 6.45) is 17.9. The van der Waals surface area contributed by atoms with Gasteiger partial charge in [0.1, 0.15) is 5.82 Å². The van der Waals surface area contributed by atoms with E-state index in [1.54, 1.807) is 9.67 Å². The van der Waals surface area contributed by atoms with Gasteiger partial charge in [0, 0.05) is 28.5 Å². The van der Waals surface area contributed by atoms with Gasteiger partial charge in [0.15, 0.2) is 5.82 Å². The number of hydrogen-bond donors (Lipinski definition) is 1. The maximum atomic E-state index is 6.12. The fourth-order valence-corrected chi connectivity index (χ4v) is 4.20. The van der Waals surface area contributed by atoms with Gasteiger partial charge in [0.05, 0.1) is 11.9 Å². The Morgan fingerprint density at radius 1 is 1.18 bits per heavy atom. The van der Waals surface area contributed by atoms with Gasteiger partial charge in [-0.3, -0.25) is 4.98 Å². The average Bonchev–Trinajstić information content (AvgIpc) is 3.43. The summed E-state index contributed by atoms with van der Waals surface area (Å²) < 4.78 is 1.68. The van der Waals surface area contributed by atoms with Crippen LogP contribution in [-0.2, 0) is 0 Å². The summed E-state index contributed by atoms with van der Waals surface area (Å²) in [7, 11) is 0. The van der Waals surface area contributed by atoms with E-state index < -0.39 is 0 Å². The number of halogens is 1. The topological polar surface area (TPSA) is 69.1 Å². The van der Waals surface area contributed by atoms with Crippen molar-refractivity contribution in [2.45, 2.75) is 51.4 Å². The summed E-state index contributed by atoms with van der Waals surface area (Å²) in [4.78, 5) is 11.2. The highest BCUT2D eigenvalue weighted by atomic mass is 79.9. The summed E-state index contributed by atoms with van der Waals surface area (Å²) >= 11 is 3.31. The third kappa shape index (κ3) is 4.12. The first-order chi connectivity index (χ1) is 13.8. The molecule has 0 aliphatic heterocycles. The molecule has 0 aromatic carbocycles. The molecule has 6 heteroatoms. The predicted molar refractivity (Wildman–Crippen MR) is 119 cm³/mol. The van der Waals surface area contributed by atoms with E-state index in [0.29, 0.717) is 11.7 Å². The van der Waals surface area contributed by atoms with Crippen molar-refractivity contribution in [1.29, 1.82) is 0 Å². The molecule has 1 saturated carbocycles. The van der Waals surface area contributed by atoms with Gasteiger partial charge >= 0.3 is 0 Å². The molecule has 0 spiro atoms. The summed E-state index contributed by atoms with van der Waals surface area (Å²) in [6, 6.07) is 4.21. The van der Waals surface area contributed by atoms with Crippen LogP contribution < -0.4 is 5.73 Å². The van der Waals surface area contributed by atoms with Crippen molar-refractivity contribution in [3.8, 4) is 11.1 Å². The predicted octanol–water partition coefficient (Wildman–Crippen LogP) is 5.90. The number of nitrogens with zero attached hydrogens (tertiary/aromatic N) is 4. The van der Waals surface area contributed by atoms with Crippen LogP contribution in [0.3, 0.4) is 0 Å². The molecule has 2 aliphatic rings. The van der Waals surface area contributed by atoms with Crippen LogP contribution in [0, 0.1) is 5.92 Å². The Labute approximate surface area is 174 Å². The van der Waals surface area contributed by atoms with Crippen molar-refractivity contribution in [2.75, 3.05) is 0 Å². The second-order valence-electron chi connectivity index (χ2n) is 7.56. The third-order valence-corrected chi connectivity index (χ3v) is 6.07. The second-order valence-corrected chi connectivity index (χ2v) is 8.02. The summed E-state index contributed by atoms with van der Waals surface area (Å²) in [5.74, 6) is 1.80. The first-order valence-electron chi connectivity index (χ1n) is 10.1. The molecule has 0 bridgehead atoms. The van der Waals surface area contributed by atoms with Crippen molar-refractivity contribution in [1.82, 2.24) is 14.8 Å². The minimum absolute atomic E-state index is 0.503. The van der Waals surface area contributed by atoms with E-state index in [1.165, 1.54) is 44.1 Å². The smallest absolute Gasteiger partial charge is 0.164 e. The fraction of sp³-hybridized carbons (Fsp3) is 0.409. The van der Waals surface area contributed by atoms with Crippen molar-refractivity contribution < 1.29 is 0 Å². The van der Waals surface area contributed by atoms with Gasteiger partial charge in [-0.25, -0.2) is 4.99 Å². The molecule has 1 fully saturated rings. The lowest BCUT2D eigenvalue weighted by Crippen LogP contribution is -2.09. The molecule has 0 radical (unpaired) electrons. The van der Waals surface area contributed by atoms with Gasteiger partial charge in [0.2, 0.25) is 0 Å². The molecular weight excluding hydrogens is 414 g/mol. The molecule has 2 heterocycles. The molecule has 0 saturated heterocycles. The van der Waals surface area contributed by atoms with Crippen molar-refractivity contribution in [3.63, 3.8) is 0 Å². The Hall–Kier alpha value is -2.21. The largest absolute Gasteiger partial charge is 0.383 e. The van der Waals surface area contributed by atoms with Crippen LogP contribution in [0.25, 0.3) is 22.5 Å². The zero-order chi connectivity index (χ0) is 19.3. The van der Waals surface area contributed by atoms with Crippen LogP contribution in [0.1, 0.15) is 57.1 Å². The molecule has 0 atom stereocenters. The van der Waals surface area contributed by atoms with E-state index >= 15 is 0 Å². The van der Waals surface area contributed by atoms with E-state index in [4.69, 9.17) is 15.7 Å². The van der Waals surface area contributed by atoms with Crippen LogP contribution in [-0.4, -0.2) is 21.0 Å². The van der Waals surface area contributed by atoms with E-state index in [-0.39, 0.29) is 0 Å². The lowest BCUT2D eigenvalue weighted by atomic mass is 9.90. The summed E-state index contributed by atoms with van der Waals surface area (Å²) in [6.45, 7) is 0. The van der Waals surface area contributed by atoms with Gasteiger partial charge in [-0.2, -0.15) is 9.78 Å². The van der Waals surface area contributed by atoms with Gasteiger partial charge < -0.3 is 5.73 Å². The molecule has 2 aromatic rings. The molecule has 2 N–H and O–H groups in total. The van der Waals surface area contributed by atoms with Crippen molar-refractivity contribution in [3.05, 3.63) is 41.3 Å². The number of pyridine rings is 1. The second kappa shape index (κ2) is 8.86. The zero-order valence-corrected chi connectivity index (χ0v) is 17.6. The Morgan fingerprint density at radius 3 is 2.71 bits per heavy atom. The highest BCUT2D eigenvalue weighted by molar-refractivity contribution is 9.11. The Balaban J connectivity index is 1.66. The molecule has 28 heavy (non-hydrogen) atoms. The van der Waals surface area contributed by atoms with E-state index in [2.05, 4.69) is 45.5 Å². The van der Waals surface area contributed by atoms with Gasteiger partial charge in [-0.1, -0.05) is 47.3 Å². The monoisotopic (exact) mass is 439 g/mol. The van der Waals surface area contributed by atoms with Crippen LogP contribution in [0.2, 0.25) is 0 Å². The van der Waals surface area contributed by atoms with Crippen molar-refractivity contribution in [2.24, 2.45) is 16.6 Å². The lowest BCUT2D eigenvalue weighted by molar-refractivity contribution is 0.445. The number of rotatable bonds is 5. The average molecular weight is 440 g/mol. The maximum absolute atomic E-state index is 6.12. The molecule has 2 aliphatic carbocycles. The minimum Gasteiger partial charge on any atom is -0.383 e. The van der Waals surface area contributed by atoms with E-state index in [9.17, 15) is 0 Å². The molecule has 0 unspecified atom stereocenters. The summed E-state index contributed by atoms with van der Waals surface area (Å²) in [5, 5.41) is 4.47. The zero-order valence-electron chi connectivity index (χ0n) is 16.0. The van der Waals surface area contributed by atoms with E-state index in [1.807, 2.05) is 12.4 Å². The molecule has 0 amide bonds. The standard InChI is InChI=1S/C22H26BrN5/c23-12-21(24)28-22(26-13-16-6-2-1-3-7-16)19(15-27-28)18-10-11-20(25-14-18)17-8-4-5-9-17/h8,10-16H,1-7,9,24H2/b21-12+,26-13+. The number of aromatic nitrogens is 3. The van der Waals surface area contributed by atoms with Gasteiger partial charge in [-0.05, 0) is 49.7 Å². The molecule has 146 valence electrons. The van der Waals surface area contributed by atoms with Crippen LogP contribution >= 0.6 is 15.9 Å². The quantitative estimate of drug-likeness (QED) is 0.588. The Bertz CT molecular complexity index is 902. The number of aliphatic imine (C=N–C) groups is 1. The highest BCUT2D eigenvalue weighted by Crippen LogP contribution is 2.33. The van der Waals surface area contributed by atoms with Crippen LogP contribution in [0.15, 0.2) is 40.6 Å².